The Morgan fingerprint density at radius 1 is 1.28 bits per heavy atom. The number of anilines is 2. The van der Waals surface area contributed by atoms with Crippen molar-refractivity contribution in [1.82, 2.24) is 20.2 Å². The number of halogens is 2. The summed E-state index contributed by atoms with van der Waals surface area (Å²) in [4.78, 5) is 32.2. The van der Waals surface area contributed by atoms with Crippen LogP contribution in [0.15, 0.2) is 41.1 Å². The maximum absolute atomic E-state index is 14.2. The SMILES string of the molecule is CN(C)C(=O)NCCCOc1cc2ncnc(Nc3ccc(Br)cc3F)c2cc1[N+](=O)[O-]. The number of nitrogens with one attached hydrogen (secondary N) is 2. The third-order valence-corrected chi connectivity index (χ3v) is 4.85. The summed E-state index contributed by atoms with van der Waals surface area (Å²) in [6, 6.07) is 6.97. The molecule has 0 radical (unpaired) electrons. The van der Waals surface area contributed by atoms with Crippen molar-refractivity contribution in [3.05, 3.63) is 57.1 Å². The van der Waals surface area contributed by atoms with Gasteiger partial charge in [-0.1, -0.05) is 15.9 Å². The average molecular weight is 507 g/mol. The fourth-order valence-electron chi connectivity index (χ4n) is 2.76. The number of carbonyl (C=O) groups excluding carboxylic acids is 1. The first-order chi connectivity index (χ1) is 15.3. The van der Waals surface area contributed by atoms with Gasteiger partial charge in [0.1, 0.15) is 18.0 Å². The molecule has 168 valence electrons. The molecule has 2 N–H and O–H groups in total. The Morgan fingerprint density at radius 3 is 2.75 bits per heavy atom. The van der Waals surface area contributed by atoms with Gasteiger partial charge in [0, 0.05) is 37.2 Å². The van der Waals surface area contributed by atoms with Crippen LogP contribution in [0.4, 0.5) is 26.4 Å². The maximum Gasteiger partial charge on any atom is 0.316 e. The van der Waals surface area contributed by atoms with Gasteiger partial charge in [-0.2, -0.15) is 0 Å². The molecule has 3 rings (SSSR count). The number of ether oxygens (including phenoxy) is 1. The molecule has 2 aromatic carbocycles. The van der Waals surface area contributed by atoms with Crippen LogP contribution in [-0.4, -0.2) is 53.1 Å². The minimum absolute atomic E-state index is 0.0425. The van der Waals surface area contributed by atoms with E-state index in [0.717, 1.165) is 0 Å². The lowest BCUT2D eigenvalue weighted by molar-refractivity contribution is -0.385. The summed E-state index contributed by atoms with van der Waals surface area (Å²) < 4.78 is 20.4. The number of rotatable bonds is 8. The summed E-state index contributed by atoms with van der Waals surface area (Å²) in [6.07, 6.45) is 1.72. The molecule has 3 aromatic rings. The predicted molar refractivity (Wildman–Crippen MR) is 121 cm³/mol. The van der Waals surface area contributed by atoms with Crippen molar-refractivity contribution in [2.24, 2.45) is 0 Å². The fraction of sp³-hybridized carbons (Fsp3) is 0.250. The maximum atomic E-state index is 14.2. The fourth-order valence-corrected chi connectivity index (χ4v) is 3.09. The van der Waals surface area contributed by atoms with E-state index in [1.807, 2.05) is 0 Å². The lowest BCUT2D eigenvalue weighted by atomic mass is 10.2. The molecule has 32 heavy (non-hydrogen) atoms. The van der Waals surface area contributed by atoms with Crippen LogP contribution >= 0.6 is 15.9 Å². The Balaban J connectivity index is 1.81. The number of aromatic nitrogens is 2. The van der Waals surface area contributed by atoms with Crippen LogP contribution in [0.2, 0.25) is 0 Å². The molecule has 0 aliphatic rings. The molecular formula is C20H20BrFN6O4. The van der Waals surface area contributed by atoms with Crippen molar-refractivity contribution >= 4 is 50.1 Å². The van der Waals surface area contributed by atoms with E-state index in [1.165, 1.54) is 35.5 Å². The zero-order chi connectivity index (χ0) is 23.3. The molecule has 0 bridgehead atoms. The van der Waals surface area contributed by atoms with Gasteiger partial charge in [0.25, 0.3) is 0 Å². The van der Waals surface area contributed by atoms with Crippen molar-refractivity contribution in [2.75, 3.05) is 32.6 Å². The number of fused-ring (bicyclic) bond motifs is 1. The van der Waals surface area contributed by atoms with Crippen molar-refractivity contribution < 1.29 is 18.8 Å². The first-order valence-corrected chi connectivity index (χ1v) is 10.3. The Bertz CT molecular complexity index is 1160. The van der Waals surface area contributed by atoms with Crippen molar-refractivity contribution in [3.8, 4) is 5.75 Å². The van der Waals surface area contributed by atoms with Crippen LogP contribution < -0.4 is 15.4 Å². The lowest BCUT2D eigenvalue weighted by Gasteiger charge is -2.13. The molecule has 1 heterocycles. The zero-order valence-corrected chi connectivity index (χ0v) is 18.8. The summed E-state index contributed by atoms with van der Waals surface area (Å²) in [5.41, 5.74) is 0.279. The Hall–Kier alpha value is -3.54. The summed E-state index contributed by atoms with van der Waals surface area (Å²) in [5.74, 6) is -0.250. The van der Waals surface area contributed by atoms with Gasteiger partial charge in [-0.15, -0.1) is 0 Å². The second-order valence-corrected chi connectivity index (χ2v) is 7.81. The van der Waals surface area contributed by atoms with Gasteiger partial charge in [0.2, 0.25) is 0 Å². The largest absolute Gasteiger partial charge is 0.487 e. The Labute approximate surface area is 191 Å². The van der Waals surface area contributed by atoms with Crippen LogP contribution in [0.5, 0.6) is 5.75 Å². The molecule has 2 amide bonds. The summed E-state index contributed by atoms with van der Waals surface area (Å²) in [6.45, 7) is 0.508. The summed E-state index contributed by atoms with van der Waals surface area (Å²) in [5, 5.41) is 17.5. The quantitative estimate of drug-likeness (QED) is 0.266. The Morgan fingerprint density at radius 2 is 2.06 bits per heavy atom. The highest BCUT2D eigenvalue weighted by molar-refractivity contribution is 9.10. The molecule has 0 unspecified atom stereocenters. The van der Waals surface area contributed by atoms with Crippen LogP contribution in [0.25, 0.3) is 10.9 Å². The molecule has 12 heteroatoms. The highest BCUT2D eigenvalue weighted by Gasteiger charge is 2.20. The van der Waals surface area contributed by atoms with Gasteiger partial charge in [0.05, 0.1) is 28.1 Å². The normalized spacial score (nSPS) is 10.6. The second kappa shape index (κ2) is 10.2. The van der Waals surface area contributed by atoms with Gasteiger partial charge < -0.3 is 20.3 Å². The van der Waals surface area contributed by atoms with E-state index in [1.54, 1.807) is 20.2 Å². The van der Waals surface area contributed by atoms with Gasteiger partial charge in [-0.05, 0) is 24.6 Å². The number of urea groups is 1. The molecule has 10 nitrogen and oxygen atoms in total. The van der Waals surface area contributed by atoms with E-state index in [-0.39, 0.29) is 35.6 Å². The number of amides is 2. The topological polar surface area (TPSA) is 123 Å². The number of hydrogen-bond acceptors (Lipinski definition) is 7. The highest BCUT2D eigenvalue weighted by Crippen LogP contribution is 2.35. The number of nitro benzene ring substituents is 1. The molecule has 1 aromatic heterocycles. The first-order valence-electron chi connectivity index (χ1n) is 9.49. The lowest BCUT2D eigenvalue weighted by Crippen LogP contribution is -2.35. The van der Waals surface area contributed by atoms with E-state index in [0.29, 0.717) is 28.3 Å². The van der Waals surface area contributed by atoms with Gasteiger partial charge in [0.15, 0.2) is 5.75 Å². The number of nitrogens with zero attached hydrogens (tertiary/aromatic N) is 4. The predicted octanol–water partition coefficient (Wildman–Crippen LogP) is 4.22. The molecule has 0 aliphatic heterocycles. The van der Waals surface area contributed by atoms with E-state index in [4.69, 9.17) is 4.74 Å². The Kier molecular flexibility index (Phi) is 7.36. The number of hydrogen-bond donors (Lipinski definition) is 2. The smallest absolute Gasteiger partial charge is 0.316 e. The van der Waals surface area contributed by atoms with E-state index < -0.39 is 10.7 Å². The van der Waals surface area contributed by atoms with Gasteiger partial charge in [-0.3, -0.25) is 10.1 Å². The number of benzene rings is 2. The second-order valence-electron chi connectivity index (χ2n) is 6.89. The number of nitro groups is 1. The molecule has 0 spiro atoms. The first kappa shape index (κ1) is 23.1. The molecule has 0 saturated carbocycles. The third kappa shape index (κ3) is 5.58. The average Bonchev–Trinajstić information content (AvgIpc) is 2.74. The third-order valence-electron chi connectivity index (χ3n) is 4.36. The standard InChI is InChI=1S/C20H20BrFN6O4/c1-27(2)20(29)23-6-3-7-32-18-10-16-13(9-17(18)28(30)31)19(25-11-24-16)26-15-5-4-12(21)8-14(15)22/h4-5,8-11H,3,6-7H2,1-2H3,(H,23,29)(H,24,25,26). The number of carbonyl (C=O) groups is 1. The van der Waals surface area contributed by atoms with Crippen molar-refractivity contribution in [3.63, 3.8) is 0 Å². The molecule has 0 aliphatic carbocycles. The monoisotopic (exact) mass is 506 g/mol. The molecule has 0 saturated heterocycles. The minimum Gasteiger partial charge on any atom is -0.487 e. The highest BCUT2D eigenvalue weighted by atomic mass is 79.9. The zero-order valence-electron chi connectivity index (χ0n) is 17.3. The van der Waals surface area contributed by atoms with Crippen LogP contribution in [0.3, 0.4) is 0 Å². The summed E-state index contributed by atoms with van der Waals surface area (Å²) >= 11 is 3.19. The van der Waals surface area contributed by atoms with E-state index >= 15 is 0 Å². The van der Waals surface area contributed by atoms with Crippen LogP contribution in [0.1, 0.15) is 6.42 Å². The van der Waals surface area contributed by atoms with E-state index in [9.17, 15) is 19.3 Å². The van der Waals surface area contributed by atoms with E-state index in [2.05, 4.69) is 36.5 Å². The van der Waals surface area contributed by atoms with Crippen molar-refractivity contribution in [2.45, 2.75) is 6.42 Å². The molecular weight excluding hydrogens is 487 g/mol. The minimum atomic E-state index is -0.570. The van der Waals surface area contributed by atoms with Crippen LogP contribution in [-0.2, 0) is 0 Å². The van der Waals surface area contributed by atoms with Crippen molar-refractivity contribution in [1.29, 1.82) is 0 Å². The molecule has 0 fully saturated rings. The summed E-state index contributed by atoms with van der Waals surface area (Å²) in [7, 11) is 3.25. The van der Waals surface area contributed by atoms with Crippen LogP contribution in [0, 0.1) is 15.9 Å². The molecule has 0 atom stereocenters. The van der Waals surface area contributed by atoms with Gasteiger partial charge >= 0.3 is 11.7 Å². The van der Waals surface area contributed by atoms with Gasteiger partial charge in [-0.25, -0.2) is 19.2 Å².